The number of amides is 5. The molecule has 11 nitrogen and oxygen atoms in total. The number of rotatable bonds is 1. The molecule has 0 bridgehead atoms. The number of nitrogens with one attached hydrogen (secondary N) is 2. The number of thioether (sulfide) groups is 1. The van der Waals surface area contributed by atoms with Gasteiger partial charge in [0.15, 0.2) is 17.1 Å². The van der Waals surface area contributed by atoms with E-state index >= 15 is 4.39 Å². The summed E-state index contributed by atoms with van der Waals surface area (Å²) in [4.78, 5) is 54.6. The third kappa shape index (κ3) is 2.64. The van der Waals surface area contributed by atoms with Gasteiger partial charge in [-0.25, -0.2) is 9.18 Å². The van der Waals surface area contributed by atoms with Crippen molar-refractivity contribution in [1.29, 1.82) is 0 Å². The maximum Gasteiger partial charge on any atom is 0.328 e. The van der Waals surface area contributed by atoms with Gasteiger partial charge < -0.3 is 14.2 Å². The number of ether oxygens (including phenoxy) is 1. The van der Waals surface area contributed by atoms with Crippen molar-refractivity contribution in [3.8, 4) is 0 Å². The van der Waals surface area contributed by atoms with Crippen molar-refractivity contribution >= 4 is 57.3 Å². The summed E-state index contributed by atoms with van der Waals surface area (Å²) in [6.07, 6.45) is 0.555. The van der Waals surface area contributed by atoms with Gasteiger partial charge in [-0.05, 0) is 38.3 Å². The zero-order chi connectivity index (χ0) is 25.1. The van der Waals surface area contributed by atoms with Gasteiger partial charge in [-0.3, -0.25) is 29.9 Å². The van der Waals surface area contributed by atoms with Crippen molar-refractivity contribution in [2.24, 2.45) is 5.41 Å². The topological polar surface area (TPSA) is 134 Å². The highest BCUT2D eigenvalue weighted by Gasteiger charge is 2.63. The van der Waals surface area contributed by atoms with E-state index in [-0.39, 0.29) is 46.9 Å². The van der Waals surface area contributed by atoms with E-state index in [4.69, 9.17) is 9.26 Å². The summed E-state index contributed by atoms with van der Waals surface area (Å²) in [5.74, 6) is -1.30. The first kappa shape index (κ1) is 22.0. The lowest BCUT2D eigenvalue weighted by Crippen LogP contribution is -2.75. The van der Waals surface area contributed by atoms with Crippen LogP contribution < -0.4 is 20.4 Å². The summed E-state index contributed by atoms with van der Waals surface area (Å²) in [6.45, 7) is 3.77. The van der Waals surface area contributed by atoms with E-state index in [9.17, 15) is 19.2 Å². The van der Waals surface area contributed by atoms with Crippen LogP contribution in [-0.2, 0) is 20.7 Å². The molecule has 0 radical (unpaired) electrons. The number of aromatic nitrogens is 1. The van der Waals surface area contributed by atoms with Crippen LogP contribution in [0.5, 0.6) is 0 Å². The highest BCUT2D eigenvalue weighted by atomic mass is 32.2. The van der Waals surface area contributed by atoms with E-state index in [1.165, 1.54) is 11.8 Å². The Balaban J connectivity index is 1.45. The molecule has 1 aromatic heterocycles. The molecule has 5 aliphatic rings. The number of hydrogen-bond donors (Lipinski definition) is 2. The fraction of sp³-hybridized carbons (Fsp3) is 0.522. The molecular weight excluding hydrogens is 493 g/mol. The number of fused-ring (bicyclic) bond motifs is 5. The van der Waals surface area contributed by atoms with Gasteiger partial charge in [0, 0.05) is 18.7 Å². The number of benzene rings is 1. The minimum absolute atomic E-state index is 0.0847. The first-order valence-electron chi connectivity index (χ1n) is 11.8. The molecule has 13 heteroatoms. The summed E-state index contributed by atoms with van der Waals surface area (Å²) >= 11 is 1.20. The van der Waals surface area contributed by atoms with Crippen LogP contribution in [0.1, 0.15) is 32.3 Å². The third-order valence-corrected chi connectivity index (χ3v) is 9.22. The highest BCUT2D eigenvalue weighted by Crippen LogP contribution is 2.55. The molecule has 7 rings (SSSR count). The molecule has 36 heavy (non-hydrogen) atoms. The molecule has 0 unspecified atom stereocenters. The smallest absolute Gasteiger partial charge is 0.328 e. The third-order valence-electron chi connectivity index (χ3n) is 8.11. The Morgan fingerprint density at radius 2 is 1.89 bits per heavy atom. The molecule has 2 aromatic rings. The van der Waals surface area contributed by atoms with Crippen molar-refractivity contribution in [3.63, 3.8) is 0 Å². The number of nitrogens with zero attached hydrogens (tertiary/aromatic N) is 3. The average molecular weight is 516 g/mol. The van der Waals surface area contributed by atoms with Gasteiger partial charge in [0.1, 0.15) is 0 Å². The first-order chi connectivity index (χ1) is 17.2. The Labute approximate surface area is 208 Å². The van der Waals surface area contributed by atoms with Crippen LogP contribution in [-0.4, -0.2) is 64.3 Å². The lowest BCUT2D eigenvalue weighted by molar-refractivity contribution is -0.153. The van der Waals surface area contributed by atoms with Crippen molar-refractivity contribution in [2.75, 3.05) is 22.1 Å². The Morgan fingerprint density at radius 1 is 1.17 bits per heavy atom. The van der Waals surface area contributed by atoms with Crippen LogP contribution >= 0.6 is 11.8 Å². The number of anilines is 2. The summed E-state index contributed by atoms with van der Waals surface area (Å²) < 4.78 is 27.6. The molecule has 4 fully saturated rings. The van der Waals surface area contributed by atoms with Gasteiger partial charge in [-0.2, -0.15) is 0 Å². The summed E-state index contributed by atoms with van der Waals surface area (Å²) in [5.41, 5.74) is -1.54. The number of carbonyl (C=O) groups excluding carboxylic acids is 4. The Bertz CT molecular complexity index is 1390. The lowest BCUT2D eigenvalue weighted by atomic mass is 9.66. The molecule has 2 spiro atoms. The monoisotopic (exact) mass is 515 g/mol. The first-order valence-corrected chi connectivity index (χ1v) is 12.8. The van der Waals surface area contributed by atoms with Crippen molar-refractivity contribution < 1.29 is 32.8 Å². The van der Waals surface area contributed by atoms with Crippen LogP contribution in [0, 0.1) is 11.2 Å². The molecule has 2 N–H and O–H groups in total. The van der Waals surface area contributed by atoms with Gasteiger partial charge in [0.2, 0.25) is 17.4 Å². The molecule has 1 aliphatic carbocycles. The van der Waals surface area contributed by atoms with Crippen molar-refractivity contribution in [3.05, 3.63) is 17.4 Å². The van der Waals surface area contributed by atoms with E-state index in [2.05, 4.69) is 15.8 Å². The molecule has 1 aromatic carbocycles. The van der Waals surface area contributed by atoms with E-state index < -0.39 is 41.2 Å². The fourth-order valence-electron chi connectivity index (χ4n) is 6.44. The number of barbiturate groups is 1. The Hall–Kier alpha value is -3.19. The second-order valence-corrected chi connectivity index (χ2v) is 11.3. The van der Waals surface area contributed by atoms with Crippen LogP contribution in [0.3, 0.4) is 0 Å². The molecular formula is C23H22FN5O6S. The Morgan fingerprint density at radius 3 is 2.58 bits per heavy atom. The number of hydrogen-bond acceptors (Lipinski definition) is 9. The van der Waals surface area contributed by atoms with E-state index in [0.717, 1.165) is 12.8 Å². The number of urea groups is 1. The zero-order valence-corrected chi connectivity index (χ0v) is 20.2. The normalized spacial score (nSPS) is 30.0. The molecule has 5 amide bonds. The van der Waals surface area contributed by atoms with Crippen molar-refractivity contribution in [2.45, 2.75) is 56.9 Å². The van der Waals surface area contributed by atoms with E-state index in [1.54, 1.807) is 22.8 Å². The number of halogens is 1. The fourth-order valence-corrected chi connectivity index (χ4v) is 7.66. The van der Waals surface area contributed by atoms with Gasteiger partial charge in [-0.1, -0.05) is 16.9 Å². The average Bonchev–Trinajstić information content (AvgIpc) is 3.36. The van der Waals surface area contributed by atoms with E-state index in [1.807, 2.05) is 6.92 Å². The van der Waals surface area contributed by atoms with Crippen molar-refractivity contribution in [1.82, 2.24) is 15.8 Å². The number of carbonyl (C=O) groups is 4. The Kier molecular flexibility index (Phi) is 4.27. The zero-order valence-electron chi connectivity index (χ0n) is 19.4. The molecule has 4 aliphatic heterocycles. The molecule has 5 heterocycles. The molecule has 188 valence electrons. The van der Waals surface area contributed by atoms with Gasteiger partial charge in [0.25, 0.3) is 5.24 Å². The quantitative estimate of drug-likeness (QED) is 0.548. The highest BCUT2D eigenvalue weighted by molar-refractivity contribution is 8.14. The summed E-state index contributed by atoms with van der Waals surface area (Å²) in [6, 6.07) is -0.102. The van der Waals surface area contributed by atoms with Crippen LogP contribution in [0.15, 0.2) is 10.6 Å². The second-order valence-electron chi connectivity index (χ2n) is 10.3. The van der Waals surface area contributed by atoms with Gasteiger partial charge >= 0.3 is 6.03 Å². The van der Waals surface area contributed by atoms with Gasteiger partial charge in [-0.15, -0.1) is 0 Å². The largest absolute Gasteiger partial charge is 0.372 e. The predicted octanol–water partition coefficient (Wildman–Crippen LogP) is 2.06. The summed E-state index contributed by atoms with van der Waals surface area (Å²) in [7, 11) is 0. The second kappa shape index (κ2) is 6.97. The van der Waals surface area contributed by atoms with Crippen LogP contribution in [0.2, 0.25) is 0 Å². The maximum atomic E-state index is 16.2. The minimum atomic E-state index is -1.73. The minimum Gasteiger partial charge on any atom is -0.372 e. The SMILES string of the molecule is C[C@@H]1CN2c3c(cc4c(N5C(=O)SCC56CC6)noc4c3F)CC3(C(=O)NC(=O)NC3=O)[C@H]2[C@H](C)O1. The summed E-state index contributed by atoms with van der Waals surface area (Å²) in [5, 5.41) is 8.69. The van der Waals surface area contributed by atoms with E-state index in [0.29, 0.717) is 16.7 Å². The molecule has 1 saturated carbocycles. The van der Waals surface area contributed by atoms with Crippen LogP contribution in [0.25, 0.3) is 11.0 Å². The number of imide groups is 2. The maximum absolute atomic E-state index is 16.2. The van der Waals surface area contributed by atoms with Gasteiger partial charge in [0.05, 0.1) is 34.9 Å². The van der Waals surface area contributed by atoms with Crippen LogP contribution in [0.4, 0.5) is 25.5 Å². The standard InChI is InChI=1S/C23H22FN5O6S/c1-9-7-28-14-11(6-23(16(28)10(2)34-9)18(30)25-20(32)26-19(23)31)5-12-15(13(14)24)35-27-17(12)29-21(33)36-8-22(29)3-4-22/h5,9-10,16H,3-4,6-8H2,1-2H3,(H2,25,26,30,31,32)/t9-,10+,16-/m1/s1. The molecule has 3 atom stereocenters. The number of morpholine rings is 1. The molecule has 3 saturated heterocycles. The predicted molar refractivity (Wildman–Crippen MR) is 125 cm³/mol. The lowest BCUT2D eigenvalue weighted by Gasteiger charge is -2.55.